The minimum atomic E-state index is -0.619. The van der Waals surface area contributed by atoms with E-state index in [1.807, 2.05) is 19.9 Å². The van der Waals surface area contributed by atoms with E-state index >= 15 is 0 Å². The number of ether oxygens (including phenoxy) is 3. The molecule has 2 rings (SSSR count). The Hall–Kier alpha value is -1.59. The van der Waals surface area contributed by atoms with E-state index in [9.17, 15) is 14.7 Å². The fourth-order valence-electron chi connectivity index (χ4n) is 5.54. The van der Waals surface area contributed by atoms with Crippen molar-refractivity contribution in [3.63, 3.8) is 0 Å². The zero-order valence-corrected chi connectivity index (χ0v) is 27.3. The van der Waals surface area contributed by atoms with Crippen LogP contribution in [0.3, 0.4) is 0 Å². The Labute approximate surface area is 254 Å². The van der Waals surface area contributed by atoms with Crippen LogP contribution >= 0.6 is 22.6 Å². The second kappa shape index (κ2) is 17.4. The highest BCUT2D eigenvalue weighted by molar-refractivity contribution is 14.1. The number of carbonyl (C=O) groups is 2. The molecule has 228 valence electrons. The van der Waals surface area contributed by atoms with Gasteiger partial charge in [0, 0.05) is 36.0 Å². The topological polar surface area (TPSA) is 120 Å². The second-order valence-corrected chi connectivity index (χ2v) is 13.4. The molecular formula is C31H51IN2O6. The number of aliphatic hydroxyl groups is 1. The van der Waals surface area contributed by atoms with Gasteiger partial charge in [0.2, 0.25) is 11.8 Å². The van der Waals surface area contributed by atoms with Crippen LogP contribution in [0.15, 0.2) is 18.2 Å². The molecule has 1 aliphatic rings. The average Bonchev–Trinajstić information content (AvgIpc) is 3.37. The molecule has 8 nitrogen and oxygen atoms in total. The number of alkyl halides is 1. The van der Waals surface area contributed by atoms with Crippen LogP contribution in [-0.4, -0.2) is 60.4 Å². The Bertz CT molecular complexity index is 927. The van der Waals surface area contributed by atoms with Crippen molar-refractivity contribution in [2.24, 2.45) is 35.3 Å². The van der Waals surface area contributed by atoms with Gasteiger partial charge in [-0.3, -0.25) is 9.59 Å². The molecule has 0 radical (unpaired) electrons. The summed E-state index contributed by atoms with van der Waals surface area (Å²) in [7, 11) is 3.32. The number of rotatable bonds is 18. The van der Waals surface area contributed by atoms with E-state index in [1.165, 1.54) is 5.56 Å². The molecule has 1 aromatic rings. The molecule has 9 heteroatoms. The Kier molecular flexibility index (Phi) is 15.0. The molecule has 0 heterocycles. The molecule has 0 saturated heterocycles. The monoisotopic (exact) mass is 674 g/mol. The van der Waals surface area contributed by atoms with Gasteiger partial charge in [-0.25, -0.2) is 0 Å². The number of benzene rings is 1. The highest BCUT2D eigenvalue weighted by atomic mass is 127. The van der Waals surface area contributed by atoms with Crippen LogP contribution in [0.2, 0.25) is 0 Å². The summed E-state index contributed by atoms with van der Waals surface area (Å²) >= 11 is 2.35. The normalized spacial score (nSPS) is 20.2. The van der Waals surface area contributed by atoms with Gasteiger partial charge < -0.3 is 30.4 Å². The van der Waals surface area contributed by atoms with Gasteiger partial charge in [-0.1, -0.05) is 62.8 Å². The van der Waals surface area contributed by atoms with E-state index in [0.717, 1.165) is 44.3 Å². The van der Waals surface area contributed by atoms with Crippen LogP contribution in [0.1, 0.15) is 71.8 Å². The number of halogens is 1. The zero-order chi connectivity index (χ0) is 29.8. The van der Waals surface area contributed by atoms with Crippen molar-refractivity contribution in [3.05, 3.63) is 23.8 Å². The number of aliphatic hydroxyl groups excluding tert-OH is 1. The lowest BCUT2D eigenvalue weighted by molar-refractivity contribution is -0.129. The molecule has 2 unspecified atom stereocenters. The maximum Gasteiger partial charge on any atom is 0.223 e. The summed E-state index contributed by atoms with van der Waals surface area (Å²) in [5, 5.41) is 14.3. The van der Waals surface area contributed by atoms with Crippen LogP contribution in [-0.2, 0) is 20.7 Å². The van der Waals surface area contributed by atoms with E-state index in [0.29, 0.717) is 37.2 Å². The van der Waals surface area contributed by atoms with Gasteiger partial charge in [-0.2, -0.15) is 0 Å². The molecule has 0 aromatic heterocycles. The van der Waals surface area contributed by atoms with Crippen LogP contribution in [0.4, 0.5) is 0 Å². The maximum atomic E-state index is 13.2. The van der Waals surface area contributed by atoms with Gasteiger partial charge >= 0.3 is 0 Å². The van der Waals surface area contributed by atoms with Gasteiger partial charge in [0.1, 0.15) is 0 Å². The lowest BCUT2D eigenvalue weighted by Gasteiger charge is -2.30. The molecule has 1 aliphatic carbocycles. The van der Waals surface area contributed by atoms with Gasteiger partial charge in [0.15, 0.2) is 11.5 Å². The molecule has 4 N–H and O–H groups in total. The van der Waals surface area contributed by atoms with Gasteiger partial charge in [-0.15, -0.1) is 0 Å². The summed E-state index contributed by atoms with van der Waals surface area (Å²) in [6, 6.07) is 5.88. The molecule has 1 fully saturated rings. The van der Waals surface area contributed by atoms with Crippen LogP contribution in [0.5, 0.6) is 11.5 Å². The fourth-order valence-corrected chi connectivity index (χ4v) is 6.49. The molecule has 0 spiro atoms. The molecule has 1 saturated carbocycles. The van der Waals surface area contributed by atoms with Crippen molar-refractivity contribution < 1.29 is 28.9 Å². The second-order valence-electron chi connectivity index (χ2n) is 11.8. The molecule has 40 heavy (non-hydrogen) atoms. The van der Waals surface area contributed by atoms with E-state index in [2.05, 4.69) is 53.9 Å². The quantitative estimate of drug-likeness (QED) is 0.116. The van der Waals surface area contributed by atoms with Crippen molar-refractivity contribution in [1.29, 1.82) is 0 Å². The summed E-state index contributed by atoms with van der Waals surface area (Å²) < 4.78 is 16.6. The summed E-state index contributed by atoms with van der Waals surface area (Å²) in [6.45, 7) is 9.65. The van der Waals surface area contributed by atoms with Gasteiger partial charge in [0.05, 0.1) is 25.7 Å². The van der Waals surface area contributed by atoms with E-state index < -0.39 is 6.10 Å². The molecule has 0 aliphatic heterocycles. The first kappa shape index (κ1) is 34.6. The first-order chi connectivity index (χ1) is 19.0. The number of nitrogens with two attached hydrogens (primary N) is 1. The minimum Gasteiger partial charge on any atom is -0.493 e. The third-order valence-electron chi connectivity index (χ3n) is 8.21. The van der Waals surface area contributed by atoms with Gasteiger partial charge in [-0.05, 0) is 67.6 Å². The predicted octanol–water partition coefficient (Wildman–Crippen LogP) is 4.91. The number of methoxy groups -OCH3 is 2. The number of nitrogens with one attached hydrogen (secondary N) is 1. The number of amides is 2. The SMILES string of the molecule is COCCCOc1cc(C[C@@H](C[C@H](I)[C@@H](O)C[C@H](C(=O)NC2CCCC2C(N)=O)C(C)C)C(C)C)ccc1OC. The maximum absolute atomic E-state index is 13.2. The van der Waals surface area contributed by atoms with Crippen molar-refractivity contribution in [2.75, 3.05) is 27.4 Å². The zero-order valence-electron chi connectivity index (χ0n) is 25.2. The highest BCUT2D eigenvalue weighted by Crippen LogP contribution is 2.34. The minimum absolute atomic E-state index is 0.00749. The number of hydrogen-bond acceptors (Lipinski definition) is 6. The third kappa shape index (κ3) is 10.7. The van der Waals surface area contributed by atoms with E-state index in [1.54, 1.807) is 14.2 Å². The van der Waals surface area contributed by atoms with E-state index in [4.69, 9.17) is 19.9 Å². The Morgan fingerprint density at radius 1 is 1.07 bits per heavy atom. The summed E-state index contributed by atoms with van der Waals surface area (Å²) in [4.78, 5) is 25.0. The van der Waals surface area contributed by atoms with Crippen molar-refractivity contribution in [1.82, 2.24) is 5.32 Å². The lowest BCUT2D eigenvalue weighted by atomic mass is 9.82. The highest BCUT2D eigenvalue weighted by Gasteiger charge is 2.36. The molecule has 6 atom stereocenters. The average molecular weight is 675 g/mol. The summed E-state index contributed by atoms with van der Waals surface area (Å²) in [5.74, 6) is 1.18. The fraction of sp³-hybridized carbons (Fsp3) is 0.742. The summed E-state index contributed by atoms with van der Waals surface area (Å²) in [5.41, 5.74) is 6.72. The van der Waals surface area contributed by atoms with Crippen molar-refractivity contribution in [2.45, 2.75) is 88.7 Å². The molecule has 2 amide bonds. The number of carbonyl (C=O) groups excluding carboxylic acids is 2. The molecule has 1 aromatic carbocycles. The Balaban J connectivity index is 2.03. The molecular weight excluding hydrogens is 623 g/mol. The van der Waals surface area contributed by atoms with Crippen LogP contribution in [0.25, 0.3) is 0 Å². The standard InChI is InChI=1S/C31H51IN2O6/c1-19(2)22(15-21-11-12-28(39-6)29(16-21)40-14-8-13-38-5)17-25(32)27(35)18-24(20(3)4)31(37)34-26-10-7-9-23(26)30(33)36/h11-12,16,19-20,22-27,35H,7-10,13-15,17-18H2,1-6H3,(H2,33,36)(H,34,37)/t22-,23?,24-,25-,26?,27-/m0/s1. The first-order valence-corrected chi connectivity index (χ1v) is 15.9. The van der Waals surface area contributed by atoms with Crippen LogP contribution in [0, 0.1) is 29.6 Å². The van der Waals surface area contributed by atoms with Gasteiger partial charge in [0.25, 0.3) is 0 Å². The van der Waals surface area contributed by atoms with Crippen LogP contribution < -0.4 is 20.5 Å². The van der Waals surface area contributed by atoms with Crippen molar-refractivity contribution in [3.8, 4) is 11.5 Å². The van der Waals surface area contributed by atoms with E-state index in [-0.39, 0.29) is 39.5 Å². The van der Waals surface area contributed by atoms with Crippen molar-refractivity contribution >= 4 is 34.4 Å². The Morgan fingerprint density at radius 2 is 1.80 bits per heavy atom. The lowest BCUT2D eigenvalue weighted by Crippen LogP contribution is -2.46. The summed E-state index contributed by atoms with van der Waals surface area (Å²) in [6.07, 6.45) is 4.62. The number of primary amides is 1. The molecule has 0 bridgehead atoms. The smallest absolute Gasteiger partial charge is 0.223 e. The predicted molar refractivity (Wildman–Crippen MR) is 167 cm³/mol. The third-order valence-corrected chi connectivity index (χ3v) is 9.55. The largest absolute Gasteiger partial charge is 0.493 e. The number of hydrogen-bond donors (Lipinski definition) is 3. The Morgan fingerprint density at radius 3 is 2.40 bits per heavy atom. The first-order valence-electron chi connectivity index (χ1n) is 14.7.